The number of anilines is 1. The minimum absolute atomic E-state index is 0.108. The van der Waals surface area contributed by atoms with E-state index in [1.807, 2.05) is 12.3 Å². The zero-order valence-electron chi connectivity index (χ0n) is 14.9. The fourth-order valence-corrected chi connectivity index (χ4v) is 3.49. The molecule has 0 atom stereocenters. The Morgan fingerprint density at radius 1 is 1.30 bits per heavy atom. The molecule has 1 fully saturated rings. The Hall–Kier alpha value is -3.13. The predicted molar refractivity (Wildman–Crippen MR) is 98.5 cm³/mol. The quantitative estimate of drug-likeness (QED) is 0.685. The van der Waals surface area contributed by atoms with Crippen molar-refractivity contribution >= 4 is 28.5 Å². The zero-order chi connectivity index (χ0) is 18.9. The smallest absolute Gasteiger partial charge is 0.373 e. The molecule has 1 saturated heterocycles. The van der Waals surface area contributed by atoms with Crippen molar-refractivity contribution in [2.75, 3.05) is 25.5 Å². The van der Waals surface area contributed by atoms with E-state index in [9.17, 15) is 9.59 Å². The van der Waals surface area contributed by atoms with Gasteiger partial charge in [0.05, 0.1) is 7.11 Å². The number of nitrogens with zero attached hydrogens (tertiary/aromatic N) is 2. The van der Waals surface area contributed by atoms with Crippen LogP contribution in [0.5, 0.6) is 0 Å². The van der Waals surface area contributed by atoms with E-state index in [0.29, 0.717) is 29.5 Å². The summed E-state index contributed by atoms with van der Waals surface area (Å²) in [4.78, 5) is 24.8. The van der Waals surface area contributed by atoms with Gasteiger partial charge in [-0.3, -0.25) is 9.48 Å². The van der Waals surface area contributed by atoms with Crippen LogP contribution < -0.4 is 10.6 Å². The normalized spacial score (nSPS) is 16.2. The number of ether oxygens (including phenoxy) is 1. The number of furan rings is 1. The van der Waals surface area contributed by atoms with E-state index in [1.54, 1.807) is 35.1 Å². The first kappa shape index (κ1) is 17.3. The van der Waals surface area contributed by atoms with Crippen LogP contribution in [0.1, 0.15) is 23.4 Å². The van der Waals surface area contributed by atoms with Crippen molar-refractivity contribution in [3.63, 3.8) is 0 Å². The first-order chi connectivity index (χ1) is 13.1. The molecule has 27 heavy (non-hydrogen) atoms. The molecule has 1 aliphatic heterocycles. The summed E-state index contributed by atoms with van der Waals surface area (Å²) in [5.74, 6) is -0.518. The number of methoxy groups -OCH3 is 1. The molecule has 0 saturated carbocycles. The number of benzene rings is 1. The van der Waals surface area contributed by atoms with Crippen LogP contribution in [0.3, 0.4) is 0 Å². The number of carbonyl (C=O) groups is 2. The van der Waals surface area contributed by atoms with E-state index in [4.69, 9.17) is 4.42 Å². The van der Waals surface area contributed by atoms with Crippen LogP contribution in [0.15, 0.2) is 47.1 Å². The molecule has 4 rings (SSSR count). The zero-order valence-corrected chi connectivity index (χ0v) is 14.9. The van der Waals surface area contributed by atoms with Gasteiger partial charge in [-0.2, -0.15) is 5.10 Å². The van der Waals surface area contributed by atoms with Gasteiger partial charge in [0.15, 0.2) is 0 Å². The van der Waals surface area contributed by atoms with Crippen molar-refractivity contribution < 1.29 is 18.7 Å². The molecule has 140 valence electrons. The van der Waals surface area contributed by atoms with Gasteiger partial charge in [-0.1, -0.05) is 0 Å². The summed E-state index contributed by atoms with van der Waals surface area (Å²) in [6, 6.07) is 8.68. The second kappa shape index (κ2) is 6.88. The van der Waals surface area contributed by atoms with E-state index >= 15 is 0 Å². The minimum Gasteiger partial charge on any atom is -0.463 e. The van der Waals surface area contributed by atoms with Crippen LogP contribution in [0.25, 0.3) is 11.0 Å². The number of aromatic nitrogens is 2. The Labute approximate surface area is 155 Å². The number of esters is 1. The molecule has 1 aromatic carbocycles. The average Bonchev–Trinajstić information content (AvgIpc) is 3.37. The van der Waals surface area contributed by atoms with Gasteiger partial charge in [0.1, 0.15) is 11.1 Å². The highest BCUT2D eigenvalue weighted by Gasteiger charge is 2.42. The average molecular weight is 368 g/mol. The number of amides is 1. The van der Waals surface area contributed by atoms with E-state index in [1.165, 1.54) is 7.11 Å². The Bertz CT molecular complexity index is 971. The number of fused-ring (bicyclic) bond motifs is 1. The molecule has 3 heterocycles. The van der Waals surface area contributed by atoms with Gasteiger partial charge >= 0.3 is 5.97 Å². The van der Waals surface area contributed by atoms with Crippen molar-refractivity contribution in [2.45, 2.75) is 18.4 Å². The van der Waals surface area contributed by atoms with Gasteiger partial charge in [-0.05, 0) is 56.3 Å². The Morgan fingerprint density at radius 2 is 2.11 bits per heavy atom. The number of hydrogen-bond donors (Lipinski definition) is 2. The molecule has 0 radical (unpaired) electrons. The molecule has 1 amide bonds. The Morgan fingerprint density at radius 3 is 2.81 bits per heavy atom. The molecular weight excluding hydrogens is 348 g/mol. The third-order valence-electron chi connectivity index (χ3n) is 4.96. The number of piperidine rings is 1. The summed E-state index contributed by atoms with van der Waals surface area (Å²) < 4.78 is 11.9. The maximum absolute atomic E-state index is 13.2. The lowest BCUT2D eigenvalue weighted by Gasteiger charge is -2.36. The lowest BCUT2D eigenvalue weighted by atomic mass is 9.87. The highest BCUT2D eigenvalue weighted by molar-refractivity contribution is 5.99. The summed E-state index contributed by atoms with van der Waals surface area (Å²) in [5.41, 5.74) is 0.462. The number of hydrogen-bond acceptors (Lipinski definition) is 6. The fourth-order valence-electron chi connectivity index (χ4n) is 3.49. The van der Waals surface area contributed by atoms with Gasteiger partial charge in [-0.25, -0.2) is 4.79 Å². The maximum Gasteiger partial charge on any atom is 0.373 e. The van der Waals surface area contributed by atoms with E-state index < -0.39 is 11.5 Å². The fraction of sp³-hybridized carbons (Fsp3) is 0.316. The first-order valence-corrected chi connectivity index (χ1v) is 8.77. The number of nitrogens with one attached hydrogen (secondary N) is 2. The molecule has 8 nitrogen and oxygen atoms in total. The van der Waals surface area contributed by atoms with Gasteiger partial charge < -0.3 is 19.8 Å². The Balaban J connectivity index is 1.62. The van der Waals surface area contributed by atoms with Crippen LogP contribution in [-0.4, -0.2) is 41.9 Å². The molecule has 2 N–H and O–H groups in total. The predicted octanol–water partition coefficient (Wildman–Crippen LogP) is 2.13. The van der Waals surface area contributed by atoms with Crippen molar-refractivity contribution in [3.05, 3.63) is 48.5 Å². The van der Waals surface area contributed by atoms with Crippen LogP contribution in [0, 0.1) is 0 Å². The lowest BCUT2D eigenvalue weighted by molar-refractivity contribution is -0.126. The summed E-state index contributed by atoms with van der Waals surface area (Å²) in [7, 11) is 1.30. The van der Waals surface area contributed by atoms with E-state index in [-0.39, 0.29) is 11.7 Å². The number of rotatable bonds is 4. The summed E-state index contributed by atoms with van der Waals surface area (Å²) >= 11 is 0. The first-order valence-electron chi connectivity index (χ1n) is 8.77. The van der Waals surface area contributed by atoms with Gasteiger partial charge in [-0.15, -0.1) is 0 Å². The second-order valence-electron chi connectivity index (χ2n) is 6.54. The van der Waals surface area contributed by atoms with Crippen LogP contribution in [0.2, 0.25) is 0 Å². The third kappa shape index (κ3) is 3.08. The standard InChI is InChI=1S/C19H20N4O4/c1-26-17(24)16-12-13-11-14(3-4-15(13)27-16)22-18(25)19(5-8-20-9-6-19)23-10-2-7-21-23/h2-4,7,10-12,20H,5-6,8-9H2,1H3,(H,22,25). The van der Waals surface area contributed by atoms with E-state index in [2.05, 4.69) is 20.5 Å². The summed E-state index contributed by atoms with van der Waals surface area (Å²) in [6.45, 7) is 1.49. The largest absolute Gasteiger partial charge is 0.463 e. The Kier molecular flexibility index (Phi) is 4.41. The van der Waals surface area contributed by atoms with Gasteiger partial charge in [0.25, 0.3) is 5.91 Å². The lowest BCUT2D eigenvalue weighted by Crippen LogP contribution is -2.52. The molecule has 0 unspecified atom stereocenters. The highest BCUT2D eigenvalue weighted by atomic mass is 16.5. The van der Waals surface area contributed by atoms with Crippen LogP contribution in [-0.2, 0) is 15.1 Å². The SMILES string of the molecule is COC(=O)c1cc2cc(NC(=O)C3(n4cccn4)CCNCC3)ccc2o1. The molecule has 1 aliphatic rings. The van der Waals surface area contributed by atoms with E-state index in [0.717, 1.165) is 13.1 Å². The van der Waals surface area contributed by atoms with Gasteiger partial charge in [0.2, 0.25) is 5.76 Å². The molecular formula is C19H20N4O4. The van der Waals surface area contributed by atoms with Crippen molar-refractivity contribution in [1.82, 2.24) is 15.1 Å². The molecule has 0 spiro atoms. The summed E-state index contributed by atoms with van der Waals surface area (Å²) in [6.07, 6.45) is 4.82. The molecule has 2 aromatic heterocycles. The maximum atomic E-state index is 13.2. The summed E-state index contributed by atoms with van der Waals surface area (Å²) in [5, 5.41) is 11.3. The van der Waals surface area contributed by atoms with Crippen molar-refractivity contribution in [2.24, 2.45) is 0 Å². The topological polar surface area (TPSA) is 98.4 Å². The second-order valence-corrected chi connectivity index (χ2v) is 6.54. The monoisotopic (exact) mass is 368 g/mol. The highest BCUT2D eigenvalue weighted by Crippen LogP contribution is 2.30. The molecule has 3 aromatic rings. The van der Waals surface area contributed by atoms with Gasteiger partial charge in [0, 0.05) is 23.5 Å². The van der Waals surface area contributed by atoms with Crippen molar-refractivity contribution in [1.29, 1.82) is 0 Å². The van der Waals surface area contributed by atoms with Crippen molar-refractivity contribution in [3.8, 4) is 0 Å². The molecule has 0 bridgehead atoms. The molecule has 8 heteroatoms. The third-order valence-corrected chi connectivity index (χ3v) is 4.96. The number of carbonyl (C=O) groups excluding carboxylic acids is 2. The van der Waals surface area contributed by atoms with Crippen LogP contribution >= 0.6 is 0 Å². The van der Waals surface area contributed by atoms with Crippen LogP contribution in [0.4, 0.5) is 5.69 Å². The molecule has 0 aliphatic carbocycles. The minimum atomic E-state index is -0.725.